The van der Waals surface area contributed by atoms with E-state index in [1.165, 1.54) is 16.5 Å². The predicted molar refractivity (Wildman–Crippen MR) is 55.8 cm³/mol. The van der Waals surface area contributed by atoms with Gasteiger partial charge in [0.05, 0.1) is 0 Å². The molecule has 0 N–H and O–H groups in total. The molecule has 1 heterocycles. The summed E-state index contributed by atoms with van der Waals surface area (Å²) in [5.41, 5.74) is 2.63. The second-order valence-electron chi connectivity index (χ2n) is 3.81. The van der Waals surface area contributed by atoms with Crippen LogP contribution in [0.5, 0.6) is 0 Å². The zero-order chi connectivity index (χ0) is 9.42. The van der Waals surface area contributed by atoms with Crippen molar-refractivity contribution >= 4 is 10.9 Å². The van der Waals surface area contributed by atoms with Gasteiger partial charge >= 0.3 is 0 Å². The molecule has 0 saturated carbocycles. The molecule has 71 valence electrons. The molecule has 0 atom stereocenters. The van der Waals surface area contributed by atoms with Crippen molar-refractivity contribution in [2.45, 2.75) is 19.8 Å². The topological polar surface area (TPSA) is 4.93 Å². The third-order valence-corrected chi connectivity index (χ3v) is 2.49. The molecule has 1 aromatic carbocycles. The molecule has 0 aliphatic heterocycles. The third-order valence-electron chi connectivity index (χ3n) is 2.49. The van der Waals surface area contributed by atoms with Gasteiger partial charge in [-0.15, -0.1) is 35.2 Å². The smallest absolute Gasteiger partial charge is 0.000612 e. The molecule has 1 radical (unpaired) electrons. The van der Waals surface area contributed by atoms with E-state index in [1.807, 2.05) is 0 Å². The summed E-state index contributed by atoms with van der Waals surface area (Å²) in [6.07, 6.45) is 2.07. The Morgan fingerprint density at radius 3 is 2.71 bits per heavy atom. The van der Waals surface area contributed by atoms with Gasteiger partial charge in [-0.25, -0.2) is 0 Å². The molecule has 0 unspecified atom stereocenters. The zero-order valence-electron chi connectivity index (χ0n) is 8.91. The van der Waals surface area contributed by atoms with Crippen molar-refractivity contribution in [3.63, 3.8) is 0 Å². The van der Waals surface area contributed by atoms with Crippen LogP contribution in [-0.4, -0.2) is 4.57 Å². The van der Waals surface area contributed by atoms with Crippen molar-refractivity contribution in [1.82, 2.24) is 4.57 Å². The Kier molecular flexibility index (Phi) is 3.91. The van der Waals surface area contributed by atoms with Gasteiger partial charge in [-0.3, -0.25) is 0 Å². The molecule has 0 aliphatic carbocycles. The SMILES string of the molecule is CC(C)c1c[c-]c2ccn(C)c2c1.[Y]. The summed E-state index contributed by atoms with van der Waals surface area (Å²) in [7, 11) is 2.07. The summed E-state index contributed by atoms with van der Waals surface area (Å²) in [6.45, 7) is 4.41. The van der Waals surface area contributed by atoms with E-state index in [2.05, 4.69) is 55.9 Å². The van der Waals surface area contributed by atoms with Gasteiger partial charge in [-0.05, 0) is 11.7 Å². The molecule has 1 nitrogen and oxygen atoms in total. The molecule has 14 heavy (non-hydrogen) atoms. The van der Waals surface area contributed by atoms with E-state index in [-0.39, 0.29) is 32.7 Å². The number of nitrogens with zero attached hydrogens (tertiary/aromatic N) is 1. The number of benzene rings is 1. The molecule has 2 heteroatoms. The van der Waals surface area contributed by atoms with Crippen LogP contribution in [0.1, 0.15) is 25.3 Å². The summed E-state index contributed by atoms with van der Waals surface area (Å²) in [4.78, 5) is 0. The van der Waals surface area contributed by atoms with Crippen LogP contribution in [0.2, 0.25) is 0 Å². The minimum atomic E-state index is 0. The van der Waals surface area contributed by atoms with Crippen molar-refractivity contribution in [3.8, 4) is 0 Å². The summed E-state index contributed by atoms with van der Waals surface area (Å²) >= 11 is 0. The van der Waals surface area contributed by atoms with Crippen LogP contribution in [0.3, 0.4) is 0 Å². The molecular weight excluding hydrogens is 247 g/mol. The van der Waals surface area contributed by atoms with E-state index in [0.29, 0.717) is 5.92 Å². The van der Waals surface area contributed by atoms with Crippen LogP contribution >= 0.6 is 0 Å². The first-order valence-electron chi connectivity index (χ1n) is 4.65. The number of rotatable bonds is 1. The second kappa shape index (κ2) is 4.59. The Balaban J connectivity index is 0.000000980. The fourth-order valence-corrected chi connectivity index (χ4v) is 1.54. The second-order valence-corrected chi connectivity index (χ2v) is 3.81. The van der Waals surface area contributed by atoms with Crippen molar-refractivity contribution in [3.05, 3.63) is 36.0 Å². The van der Waals surface area contributed by atoms with Crippen LogP contribution in [0.25, 0.3) is 10.9 Å². The Labute approximate surface area is 110 Å². The van der Waals surface area contributed by atoms with E-state index in [1.54, 1.807) is 0 Å². The van der Waals surface area contributed by atoms with Crippen molar-refractivity contribution < 1.29 is 32.7 Å². The maximum atomic E-state index is 3.30. The van der Waals surface area contributed by atoms with E-state index in [4.69, 9.17) is 0 Å². The number of aryl methyl sites for hydroxylation is 1. The first-order valence-corrected chi connectivity index (χ1v) is 4.65. The summed E-state index contributed by atoms with van der Waals surface area (Å²) in [6, 6.07) is 9.73. The summed E-state index contributed by atoms with van der Waals surface area (Å²) in [5, 5.41) is 1.20. The largest absolute Gasteiger partial charge is 0.398 e. The minimum Gasteiger partial charge on any atom is -0.398 e. The molecule has 0 aliphatic rings. The fraction of sp³-hybridized carbons (Fsp3) is 0.333. The van der Waals surface area contributed by atoms with Gasteiger partial charge in [-0.2, -0.15) is 0 Å². The van der Waals surface area contributed by atoms with Crippen molar-refractivity contribution in [2.24, 2.45) is 7.05 Å². The van der Waals surface area contributed by atoms with Crippen molar-refractivity contribution in [2.75, 3.05) is 0 Å². The maximum Gasteiger partial charge on any atom is 0.000612 e. The summed E-state index contributed by atoms with van der Waals surface area (Å²) < 4.78 is 2.14. The predicted octanol–water partition coefficient (Wildman–Crippen LogP) is 3.10. The van der Waals surface area contributed by atoms with E-state index < -0.39 is 0 Å². The van der Waals surface area contributed by atoms with Gasteiger partial charge in [-0.1, -0.05) is 19.8 Å². The van der Waals surface area contributed by atoms with Crippen LogP contribution in [0.15, 0.2) is 24.4 Å². The normalized spacial score (nSPS) is 10.6. The van der Waals surface area contributed by atoms with E-state index >= 15 is 0 Å². The molecule has 0 bridgehead atoms. The molecule has 0 fully saturated rings. The Bertz CT molecular complexity index is 429. The number of fused-ring (bicyclic) bond motifs is 1. The molecular formula is C12H14NY-. The summed E-state index contributed by atoms with van der Waals surface area (Å²) in [5.74, 6) is 0.579. The number of hydrogen-bond donors (Lipinski definition) is 0. The number of hydrogen-bond acceptors (Lipinski definition) is 0. The quantitative estimate of drug-likeness (QED) is 0.695. The standard InChI is InChI=1S/C12H14N.Y/c1-9(2)11-5-4-10-6-7-13(3)12(10)8-11;/h5-9H,1-3H3;/q-1;. The Hall–Kier alpha value is -0.136. The molecule has 0 saturated heterocycles. The van der Waals surface area contributed by atoms with Crippen LogP contribution in [0.4, 0.5) is 0 Å². The first kappa shape index (κ1) is 11.9. The zero-order valence-corrected chi connectivity index (χ0v) is 11.7. The third kappa shape index (κ3) is 2.09. The average molecular weight is 261 g/mol. The van der Waals surface area contributed by atoms with Crippen LogP contribution in [-0.2, 0) is 39.8 Å². The van der Waals surface area contributed by atoms with Crippen molar-refractivity contribution in [1.29, 1.82) is 0 Å². The number of aromatic nitrogens is 1. The maximum absolute atomic E-state index is 3.30. The monoisotopic (exact) mass is 261 g/mol. The van der Waals surface area contributed by atoms with Gasteiger partial charge in [0.1, 0.15) is 0 Å². The van der Waals surface area contributed by atoms with Gasteiger partial charge in [0.25, 0.3) is 0 Å². The molecule has 0 spiro atoms. The van der Waals surface area contributed by atoms with E-state index in [9.17, 15) is 0 Å². The average Bonchev–Trinajstić information content (AvgIpc) is 2.47. The first-order chi connectivity index (χ1) is 6.18. The van der Waals surface area contributed by atoms with Crippen LogP contribution in [0, 0.1) is 6.07 Å². The Morgan fingerprint density at radius 2 is 2.07 bits per heavy atom. The molecule has 2 aromatic rings. The fourth-order valence-electron chi connectivity index (χ4n) is 1.54. The van der Waals surface area contributed by atoms with Gasteiger partial charge in [0.15, 0.2) is 0 Å². The molecule has 2 rings (SSSR count). The Morgan fingerprint density at radius 1 is 1.36 bits per heavy atom. The molecule has 0 amide bonds. The van der Waals surface area contributed by atoms with Gasteiger partial charge < -0.3 is 4.57 Å². The van der Waals surface area contributed by atoms with E-state index in [0.717, 1.165) is 0 Å². The van der Waals surface area contributed by atoms with Crippen LogP contribution < -0.4 is 0 Å². The molecule has 1 aromatic heterocycles. The van der Waals surface area contributed by atoms with Gasteiger partial charge in [0.2, 0.25) is 0 Å². The minimum absolute atomic E-state index is 0. The van der Waals surface area contributed by atoms with Gasteiger partial charge in [0, 0.05) is 39.8 Å².